The highest BCUT2D eigenvalue weighted by molar-refractivity contribution is 5.89. The molecule has 1 aromatic carbocycles. The van der Waals surface area contributed by atoms with E-state index in [0.29, 0.717) is 19.6 Å². The zero-order chi connectivity index (χ0) is 20.9. The minimum atomic E-state index is -0.290. The smallest absolute Gasteiger partial charge is 0.225 e. The molecular formula is C24H31N3O3. The van der Waals surface area contributed by atoms with Gasteiger partial charge in [0.05, 0.1) is 18.2 Å². The second-order valence-corrected chi connectivity index (χ2v) is 8.53. The molecule has 2 amide bonds. The third-order valence-corrected chi connectivity index (χ3v) is 6.25. The van der Waals surface area contributed by atoms with E-state index in [1.54, 1.807) is 11.2 Å². The average Bonchev–Trinajstić information content (AvgIpc) is 3.41. The number of aryl methyl sites for hydroxylation is 1. The van der Waals surface area contributed by atoms with Gasteiger partial charge in [-0.2, -0.15) is 0 Å². The number of nitrogens with zero attached hydrogens (tertiary/aromatic N) is 2. The lowest BCUT2D eigenvalue weighted by Gasteiger charge is -2.33. The van der Waals surface area contributed by atoms with Crippen LogP contribution < -0.4 is 5.32 Å². The molecule has 4 rings (SSSR count). The molecule has 2 aliphatic rings. The number of hydrogen-bond donors (Lipinski definition) is 1. The number of carbonyl (C=O) groups excluding carboxylic acids is 2. The molecule has 3 heterocycles. The molecule has 0 spiro atoms. The van der Waals surface area contributed by atoms with Crippen molar-refractivity contribution >= 4 is 11.8 Å². The summed E-state index contributed by atoms with van der Waals surface area (Å²) in [6.45, 7) is 5.64. The highest BCUT2D eigenvalue weighted by atomic mass is 16.3. The number of rotatable bonds is 7. The molecule has 0 radical (unpaired) electrons. The fraction of sp³-hybridized carbons (Fsp3) is 0.500. The van der Waals surface area contributed by atoms with E-state index < -0.39 is 0 Å². The average molecular weight is 410 g/mol. The molecule has 0 aliphatic carbocycles. The van der Waals surface area contributed by atoms with Crippen LogP contribution in [-0.2, 0) is 16.1 Å². The van der Waals surface area contributed by atoms with E-state index in [2.05, 4.69) is 22.3 Å². The Morgan fingerprint density at radius 3 is 2.63 bits per heavy atom. The highest BCUT2D eigenvalue weighted by Gasteiger charge is 2.35. The Labute approximate surface area is 178 Å². The topological polar surface area (TPSA) is 65.8 Å². The van der Waals surface area contributed by atoms with Crippen molar-refractivity contribution in [2.75, 3.05) is 26.2 Å². The monoisotopic (exact) mass is 409 g/mol. The molecule has 0 bridgehead atoms. The lowest BCUT2D eigenvalue weighted by atomic mass is 10.1. The molecule has 1 N–H and O–H groups in total. The molecule has 6 nitrogen and oxygen atoms in total. The van der Waals surface area contributed by atoms with Gasteiger partial charge in [-0.1, -0.05) is 36.2 Å². The lowest BCUT2D eigenvalue weighted by molar-refractivity contribution is -0.129. The molecular weight excluding hydrogens is 378 g/mol. The number of furan rings is 1. The summed E-state index contributed by atoms with van der Waals surface area (Å²) in [6.07, 6.45) is 5.58. The summed E-state index contributed by atoms with van der Waals surface area (Å²) in [7, 11) is 0. The number of hydrogen-bond acceptors (Lipinski definition) is 4. The normalized spacial score (nSPS) is 21.0. The number of benzene rings is 1. The first-order valence-electron chi connectivity index (χ1n) is 11.0. The van der Waals surface area contributed by atoms with Gasteiger partial charge in [-0.15, -0.1) is 0 Å². The van der Waals surface area contributed by atoms with E-state index in [4.69, 9.17) is 4.42 Å². The van der Waals surface area contributed by atoms with E-state index in [1.165, 1.54) is 24.8 Å². The second-order valence-electron chi connectivity index (χ2n) is 8.53. The van der Waals surface area contributed by atoms with Crippen LogP contribution in [0.15, 0.2) is 47.1 Å². The largest absolute Gasteiger partial charge is 0.468 e. The second kappa shape index (κ2) is 9.47. The Morgan fingerprint density at radius 1 is 1.17 bits per heavy atom. The first-order valence-corrected chi connectivity index (χ1v) is 11.0. The van der Waals surface area contributed by atoms with Gasteiger partial charge in [0.1, 0.15) is 5.76 Å². The summed E-state index contributed by atoms with van der Waals surface area (Å²) in [6, 6.07) is 12.1. The van der Waals surface area contributed by atoms with Gasteiger partial charge < -0.3 is 14.6 Å². The van der Waals surface area contributed by atoms with Crippen molar-refractivity contribution in [3.05, 3.63) is 59.5 Å². The predicted octanol–water partition coefficient (Wildman–Crippen LogP) is 3.28. The van der Waals surface area contributed by atoms with Crippen LogP contribution in [0.2, 0.25) is 0 Å². The number of nitrogens with one attached hydrogen (secondary N) is 1. The number of amides is 2. The molecule has 2 saturated heterocycles. The Bertz CT molecular complexity index is 841. The van der Waals surface area contributed by atoms with Gasteiger partial charge in [0, 0.05) is 26.1 Å². The Kier molecular flexibility index (Phi) is 6.53. The molecule has 1 aromatic heterocycles. The molecule has 2 aliphatic heterocycles. The first kappa shape index (κ1) is 20.7. The number of carbonyl (C=O) groups is 2. The van der Waals surface area contributed by atoms with Crippen molar-refractivity contribution in [3.8, 4) is 0 Å². The highest BCUT2D eigenvalue weighted by Crippen LogP contribution is 2.25. The first-order chi connectivity index (χ1) is 14.6. The molecule has 2 aromatic rings. The van der Waals surface area contributed by atoms with Gasteiger partial charge in [0.2, 0.25) is 11.8 Å². The fourth-order valence-electron chi connectivity index (χ4n) is 4.48. The minimum Gasteiger partial charge on any atom is -0.468 e. The van der Waals surface area contributed by atoms with Gasteiger partial charge in [0.15, 0.2) is 0 Å². The predicted molar refractivity (Wildman–Crippen MR) is 115 cm³/mol. The summed E-state index contributed by atoms with van der Waals surface area (Å²) < 4.78 is 5.66. The van der Waals surface area contributed by atoms with Crippen molar-refractivity contribution in [3.63, 3.8) is 0 Å². The van der Waals surface area contributed by atoms with Crippen molar-refractivity contribution in [2.45, 2.75) is 45.2 Å². The number of piperidine rings is 1. The van der Waals surface area contributed by atoms with Gasteiger partial charge in [-0.25, -0.2) is 0 Å². The third-order valence-electron chi connectivity index (χ3n) is 6.25. The maximum atomic E-state index is 12.9. The Hall–Kier alpha value is -2.60. The fourth-order valence-corrected chi connectivity index (χ4v) is 4.48. The SMILES string of the molecule is Cc1ccc(CN2CC(C(=O)NCC(c3ccco3)N3CCCCC3)CC2=O)cc1. The van der Waals surface area contributed by atoms with Crippen molar-refractivity contribution in [2.24, 2.45) is 5.92 Å². The Balaban J connectivity index is 1.33. The summed E-state index contributed by atoms with van der Waals surface area (Å²) in [5.74, 6) is 0.611. The van der Waals surface area contributed by atoms with Gasteiger partial charge in [-0.05, 0) is 50.6 Å². The van der Waals surface area contributed by atoms with Crippen LogP contribution in [-0.4, -0.2) is 47.8 Å². The molecule has 30 heavy (non-hydrogen) atoms. The van der Waals surface area contributed by atoms with Crippen LogP contribution in [0.3, 0.4) is 0 Å². The van der Waals surface area contributed by atoms with E-state index in [9.17, 15) is 9.59 Å². The summed E-state index contributed by atoms with van der Waals surface area (Å²) in [5.41, 5.74) is 2.29. The van der Waals surface area contributed by atoms with Crippen molar-refractivity contribution in [1.29, 1.82) is 0 Å². The molecule has 2 fully saturated rings. The van der Waals surface area contributed by atoms with Crippen LogP contribution in [0.1, 0.15) is 48.6 Å². The molecule has 2 unspecified atom stereocenters. The molecule has 160 valence electrons. The van der Waals surface area contributed by atoms with E-state index in [0.717, 1.165) is 24.4 Å². The van der Waals surface area contributed by atoms with Crippen LogP contribution in [0.4, 0.5) is 0 Å². The summed E-state index contributed by atoms with van der Waals surface area (Å²) in [4.78, 5) is 29.5. The zero-order valence-electron chi connectivity index (χ0n) is 17.7. The molecule has 6 heteroatoms. The summed E-state index contributed by atoms with van der Waals surface area (Å²) in [5, 5.41) is 3.10. The minimum absolute atomic E-state index is 0.0386. The Morgan fingerprint density at radius 2 is 1.93 bits per heavy atom. The quantitative estimate of drug-likeness (QED) is 0.762. The summed E-state index contributed by atoms with van der Waals surface area (Å²) >= 11 is 0. The lowest BCUT2D eigenvalue weighted by Crippen LogP contribution is -2.42. The van der Waals surface area contributed by atoms with Crippen LogP contribution >= 0.6 is 0 Å². The third kappa shape index (κ3) is 4.93. The van der Waals surface area contributed by atoms with Crippen LogP contribution in [0, 0.1) is 12.8 Å². The van der Waals surface area contributed by atoms with Gasteiger partial charge in [-0.3, -0.25) is 14.5 Å². The molecule has 2 atom stereocenters. The van der Waals surface area contributed by atoms with Crippen molar-refractivity contribution in [1.82, 2.24) is 15.1 Å². The van der Waals surface area contributed by atoms with Crippen LogP contribution in [0.25, 0.3) is 0 Å². The molecule has 0 saturated carbocycles. The van der Waals surface area contributed by atoms with Gasteiger partial charge in [0.25, 0.3) is 0 Å². The van der Waals surface area contributed by atoms with Crippen LogP contribution in [0.5, 0.6) is 0 Å². The standard InChI is InChI=1S/C24H31N3O3/c1-18-7-9-19(10-8-18)16-27-17-20(14-23(27)28)24(29)25-15-21(22-6-5-13-30-22)26-11-3-2-4-12-26/h5-10,13,20-21H,2-4,11-12,14-17H2,1H3,(H,25,29). The maximum absolute atomic E-state index is 12.9. The zero-order valence-corrected chi connectivity index (χ0v) is 17.7. The van der Waals surface area contributed by atoms with E-state index in [-0.39, 0.29) is 30.2 Å². The van der Waals surface area contributed by atoms with E-state index >= 15 is 0 Å². The van der Waals surface area contributed by atoms with Crippen molar-refractivity contribution < 1.29 is 14.0 Å². The maximum Gasteiger partial charge on any atom is 0.225 e. The van der Waals surface area contributed by atoms with E-state index in [1.807, 2.05) is 31.2 Å². The number of likely N-dealkylation sites (tertiary alicyclic amines) is 2. The van der Waals surface area contributed by atoms with Gasteiger partial charge >= 0.3 is 0 Å².